The predicted molar refractivity (Wildman–Crippen MR) is 95.4 cm³/mol. The fraction of sp³-hybridized carbons (Fsp3) is 0.316. The number of rotatable bonds is 5. The summed E-state index contributed by atoms with van der Waals surface area (Å²) in [6, 6.07) is 9.60. The minimum Gasteiger partial charge on any atom is -0.357 e. The lowest BCUT2D eigenvalue weighted by atomic mass is 10.1. The van der Waals surface area contributed by atoms with Crippen LogP contribution in [0.3, 0.4) is 0 Å². The lowest BCUT2D eigenvalue weighted by Crippen LogP contribution is -2.30. The molecule has 2 aromatic rings. The number of piperidine rings is 1. The third-order valence-corrected chi connectivity index (χ3v) is 4.05. The zero-order valence-electron chi connectivity index (χ0n) is 13.7. The van der Waals surface area contributed by atoms with Crippen LogP contribution in [0.1, 0.15) is 30.5 Å². The summed E-state index contributed by atoms with van der Waals surface area (Å²) in [4.78, 5) is 22.8. The summed E-state index contributed by atoms with van der Waals surface area (Å²) >= 11 is 0. The second kappa shape index (κ2) is 8.24. The molecule has 0 radical (unpaired) electrons. The molecule has 5 heteroatoms. The van der Waals surface area contributed by atoms with Gasteiger partial charge in [0.2, 0.25) is 5.91 Å². The van der Waals surface area contributed by atoms with E-state index in [0.717, 1.165) is 30.2 Å². The molecule has 0 spiro atoms. The highest BCUT2D eigenvalue weighted by molar-refractivity contribution is 5.91. The van der Waals surface area contributed by atoms with Crippen LogP contribution in [-0.2, 0) is 11.3 Å². The van der Waals surface area contributed by atoms with Gasteiger partial charge >= 0.3 is 0 Å². The van der Waals surface area contributed by atoms with Crippen molar-refractivity contribution in [1.82, 2.24) is 15.3 Å². The van der Waals surface area contributed by atoms with E-state index in [-0.39, 0.29) is 5.91 Å². The van der Waals surface area contributed by atoms with E-state index in [1.807, 2.05) is 30.5 Å². The van der Waals surface area contributed by atoms with E-state index in [9.17, 15) is 4.79 Å². The zero-order chi connectivity index (χ0) is 16.6. The van der Waals surface area contributed by atoms with Crippen molar-refractivity contribution >= 4 is 17.8 Å². The average Bonchev–Trinajstić information content (AvgIpc) is 2.66. The van der Waals surface area contributed by atoms with Crippen molar-refractivity contribution in [3.05, 3.63) is 60.1 Å². The molecule has 0 saturated carbocycles. The first-order valence-electron chi connectivity index (χ1n) is 8.38. The summed E-state index contributed by atoms with van der Waals surface area (Å²) in [6.45, 7) is 2.63. The zero-order valence-corrected chi connectivity index (χ0v) is 13.7. The van der Waals surface area contributed by atoms with E-state index < -0.39 is 0 Å². The van der Waals surface area contributed by atoms with Gasteiger partial charge in [-0.05, 0) is 55.2 Å². The summed E-state index contributed by atoms with van der Waals surface area (Å²) in [7, 11) is 0. The van der Waals surface area contributed by atoms with Gasteiger partial charge < -0.3 is 10.2 Å². The van der Waals surface area contributed by atoms with Crippen LogP contribution in [0.2, 0.25) is 0 Å². The summed E-state index contributed by atoms with van der Waals surface area (Å²) in [5.74, 6) is 0.877. The van der Waals surface area contributed by atoms with Crippen LogP contribution in [0.4, 0.5) is 5.82 Å². The van der Waals surface area contributed by atoms with Crippen molar-refractivity contribution in [3.63, 3.8) is 0 Å². The molecule has 0 bridgehead atoms. The summed E-state index contributed by atoms with van der Waals surface area (Å²) < 4.78 is 0. The second-order valence-corrected chi connectivity index (χ2v) is 5.88. The molecule has 1 fully saturated rings. The van der Waals surface area contributed by atoms with Gasteiger partial charge in [-0.1, -0.05) is 6.07 Å². The Morgan fingerprint density at radius 3 is 2.79 bits per heavy atom. The van der Waals surface area contributed by atoms with Gasteiger partial charge in [0.1, 0.15) is 5.82 Å². The average molecular weight is 322 g/mol. The largest absolute Gasteiger partial charge is 0.357 e. The molecule has 124 valence electrons. The van der Waals surface area contributed by atoms with Gasteiger partial charge in [0.15, 0.2) is 0 Å². The third kappa shape index (κ3) is 4.65. The maximum absolute atomic E-state index is 11.9. The number of nitrogens with zero attached hydrogens (tertiary/aromatic N) is 3. The van der Waals surface area contributed by atoms with Crippen LogP contribution in [0, 0.1) is 0 Å². The second-order valence-electron chi connectivity index (χ2n) is 5.88. The first-order chi connectivity index (χ1) is 11.8. The highest BCUT2D eigenvalue weighted by atomic mass is 16.1. The minimum atomic E-state index is -0.128. The van der Waals surface area contributed by atoms with Crippen molar-refractivity contribution in [2.45, 2.75) is 25.8 Å². The van der Waals surface area contributed by atoms with Gasteiger partial charge in [0, 0.05) is 38.1 Å². The van der Waals surface area contributed by atoms with E-state index in [4.69, 9.17) is 0 Å². The first kappa shape index (κ1) is 16.2. The summed E-state index contributed by atoms with van der Waals surface area (Å²) in [5.41, 5.74) is 1.83. The molecule has 2 aromatic heterocycles. The molecular weight excluding hydrogens is 300 g/mol. The van der Waals surface area contributed by atoms with Crippen LogP contribution in [0.25, 0.3) is 6.08 Å². The number of carbonyl (C=O) groups is 1. The maximum Gasteiger partial charge on any atom is 0.244 e. The van der Waals surface area contributed by atoms with E-state index in [1.54, 1.807) is 12.3 Å². The molecule has 0 atom stereocenters. The summed E-state index contributed by atoms with van der Waals surface area (Å²) in [6.07, 6.45) is 10.5. The standard InChI is InChI=1S/C19H22N4O/c24-19(8-7-17-6-2-3-10-20-17)22-15-16-9-11-21-18(14-16)23-12-4-1-5-13-23/h2-3,6-11,14H,1,4-5,12-13,15H2,(H,22,24)/b8-7+. The smallest absolute Gasteiger partial charge is 0.244 e. The van der Waals surface area contributed by atoms with E-state index in [0.29, 0.717) is 6.54 Å². The van der Waals surface area contributed by atoms with Gasteiger partial charge in [-0.3, -0.25) is 9.78 Å². The molecule has 0 unspecified atom stereocenters. The van der Waals surface area contributed by atoms with Gasteiger partial charge in [-0.2, -0.15) is 0 Å². The third-order valence-electron chi connectivity index (χ3n) is 4.05. The molecule has 1 amide bonds. The Bertz CT molecular complexity index is 694. The Labute approximate surface area is 142 Å². The van der Waals surface area contributed by atoms with E-state index in [2.05, 4.69) is 26.3 Å². The Balaban J connectivity index is 1.54. The van der Waals surface area contributed by atoms with Crippen molar-refractivity contribution < 1.29 is 4.79 Å². The van der Waals surface area contributed by atoms with Crippen LogP contribution < -0.4 is 10.2 Å². The van der Waals surface area contributed by atoms with E-state index >= 15 is 0 Å². The molecule has 1 N–H and O–H groups in total. The van der Waals surface area contributed by atoms with Crippen LogP contribution in [0.15, 0.2) is 48.8 Å². The maximum atomic E-state index is 11.9. The number of pyridine rings is 2. The van der Waals surface area contributed by atoms with Gasteiger partial charge in [-0.25, -0.2) is 4.98 Å². The Hall–Kier alpha value is -2.69. The van der Waals surface area contributed by atoms with Gasteiger partial charge in [0.25, 0.3) is 0 Å². The van der Waals surface area contributed by atoms with Crippen molar-refractivity contribution in [2.24, 2.45) is 0 Å². The van der Waals surface area contributed by atoms with E-state index in [1.165, 1.54) is 25.3 Å². The molecule has 1 saturated heterocycles. The normalized spacial score (nSPS) is 14.8. The molecule has 1 aliphatic heterocycles. The molecule has 5 nitrogen and oxygen atoms in total. The predicted octanol–water partition coefficient (Wildman–Crippen LogP) is 2.80. The lowest BCUT2D eigenvalue weighted by Gasteiger charge is -2.27. The minimum absolute atomic E-state index is 0.128. The fourth-order valence-corrected chi connectivity index (χ4v) is 2.75. The number of aromatic nitrogens is 2. The monoisotopic (exact) mass is 322 g/mol. The molecule has 1 aliphatic rings. The highest BCUT2D eigenvalue weighted by Gasteiger charge is 2.12. The Morgan fingerprint density at radius 1 is 1.12 bits per heavy atom. The van der Waals surface area contributed by atoms with Crippen LogP contribution in [0.5, 0.6) is 0 Å². The SMILES string of the molecule is O=C(/C=C/c1ccccn1)NCc1ccnc(N2CCCCC2)c1. The fourth-order valence-electron chi connectivity index (χ4n) is 2.75. The molecule has 3 rings (SSSR count). The Morgan fingerprint density at radius 2 is 2.00 bits per heavy atom. The van der Waals surface area contributed by atoms with Crippen LogP contribution >= 0.6 is 0 Å². The van der Waals surface area contributed by atoms with Crippen molar-refractivity contribution in [3.8, 4) is 0 Å². The number of carbonyl (C=O) groups excluding carboxylic acids is 1. The number of amides is 1. The summed E-state index contributed by atoms with van der Waals surface area (Å²) in [5, 5.41) is 2.90. The van der Waals surface area contributed by atoms with Crippen molar-refractivity contribution in [1.29, 1.82) is 0 Å². The number of hydrogen-bond acceptors (Lipinski definition) is 4. The first-order valence-corrected chi connectivity index (χ1v) is 8.38. The lowest BCUT2D eigenvalue weighted by molar-refractivity contribution is -0.116. The molecular formula is C19H22N4O. The number of nitrogens with one attached hydrogen (secondary N) is 1. The molecule has 3 heterocycles. The molecule has 24 heavy (non-hydrogen) atoms. The number of anilines is 1. The van der Waals surface area contributed by atoms with Crippen LogP contribution in [-0.4, -0.2) is 29.0 Å². The Kier molecular flexibility index (Phi) is 5.56. The topological polar surface area (TPSA) is 58.1 Å². The molecule has 0 aliphatic carbocycles. The highest BCUT2D eigenvalue weighted by Crippen LogP contribution is 2.18. The van der Waals surface area contributed by atoms with Crippen molar-refractivity contribution in [2.75, 3.05) is 18.0 Å². The number of hydrogen-bond donors (Lipinski definition) is 1. The van der Waals surface area contributed by atoms with Gasteiger partial charge in [0.05, 0.1) is 5.69 Å². The van der Waals surface area contributed by atoms with Gasteiger partial charge in [-0.15, -0.1) is 0 Å². The molecule has 0 aromatic carbocycles. The quantitative estimate of drug-likeness (QED) is 0.860.